The molecule has 130 valence electrons. The topological polar surface area (TPSA) is 96.0 Å². The molecule has 1 aliphatic rings. The molecule has 4 atom stereocenters. The van der Waals surface area contributed by atoms with E-state index in [2.05, 4.69) is 5.16 Å². The van der Waals surface area contributed by atoms with Gasteiger partial charge >= 0.3 is 0 Å². The number of aliphatic hydroxyl groups is 3. The minimum Gasteiger partial charge on any atom is -0.475 e. The molecule has 1 fully saturated rings. The maximum Gasteiger partial charge on any atom is 0.173 e. The van der Waals surface area contributed by atoms with Gasteiger partial charge in [0.05, 0.1) is 16.8 Å². The number of nitrogens with zero attached hydrogens (tertiary/aromatic N) is 1. The summed E-state index contributed by atoms with van der Waals surface area (Å²) in [6, 6.07) is 5.29. The molecule has 2 heterocycles. The highest BCUT2D eigenvalue weighted by molar-refractivity contribution is 7.99. The molecule has 24 heavy (non-hydrogen) atoms. The fourth-order valence-corrected chi connectivity index (χ4v) is 3.93. The Morgan fingerprint density at radius 2 is 2.00 bits per heavy atom. The largest absolute Gasteiger partial charge is 0.475 e. The van der Waals surface area contributed by atoms with Gasteiger partial charge in [0.2, 0.25) is 0 Å². The summed E-state index contributed by atoms with van der Waals surface area (Å²) in [7, 11) is 0. The molecule has 0 amide bonds. The van der Waals surface area contributed by atoms with Crippen LogP contribution in [0.1, 0.15) is 11.5 Å². The van der Waals surface area contributed by atoms with Gasteiger partial charge in [0.1, 0.15) is 23.7 Å². The quantitative estimate of drug-likeness (QED) is 0.760. The summed E-state index contributed by atoms with van der Waals surface area (Å²) in [5.41, 5.74) is 1.73. The Balaban J connectivity index is 1.88. The molecule has 0 unspecified atom stereocenters. The molecule has 1 aromatic carbocycles. The SMILES string of the molecule is Cc1noc(C)c1-c1ccc(Cl)c(O[C@@H]2SC[C@@H](O)[C@H](O)[C@H]2O)c1. The van der Waals surface area contributed by atoms with Gasteiger partial charge in [0, 0.05) is 11.3 Å². The maximum absolute atomic E-state index is 10.1. The van der Waals surface area contributed by atoms with Gasteiger partial charge in [0.15, 0.2) is 5.44 Å². The molecule has 0 aliphatic carbocycles. The van der Waals surface area contributed by atoms with E-state index in [0.717, 1.165) is 16.8 Å². The fraction of sp³-hybridized carbons (Fsp3) is 0.438. The molecular formula is C16H18ClNO5S. The molecule has 6 nitrogen and oxygen atoms in total. The Hall–Kier alpha value is -1.25. The first-order chi connectivity index (χ1) is 11.4. The number of benzene rings is 1. The van der Waals surface area contributed by atoms with Gasteiger partial charge in [-0.1, -0.05) is 22.8 Å². The number of thioether (sulfide) groups is 1. The fourth-order valence-electron chi connectivity index (χ4n) is 2.65. The van der Waals surface area contributed by atoms with Crippen molar-refractivity contribution >= 4 is 23.4 Å². The molecule has 1 aromatic heterocycles. The minimum absolute atomic E-state index is 0.268. The van der Waals surface area contributed by atoms with E-state index >= 15 is 0 Å². The summed E-state index contributed by atoms with van der Waals surface area (Å²) >= 11 is 7.43. The van der Waals surface area contributed by atoms with Gasteiger partial charge in [-0.05, 0) is 31.5 Å². The Kier molecular flexibility index (Phi) is 5.08. The second kappa shape index (κ2) is 6.93. The van der Waals surface area contributed by atoms with E-state index < -0.39 is 23.7 Å². The third-order valence-corrected chi connectivity index (χ3v) is 5.50. The predicted octanol–water partition coefficient (Wildman–Crippen LogP) is 2.15. The molecule has 0 bridgehead atoms. The van der Waals surface area contributed by atoms with E-state index in [-0.39, 0.29) is 5.75 Å². The van der Waals surface area contributed by atoms with Gasteiger partial charge < -0.3 is 24.6 Å². The normalized spacial score (nSPS) is 27.2. The molecule has 0 saturated carbocycles. The van der Waals surface area contributed by atoms with Gasteiger partial charge in [-0.2, -0.15) is 0 Å². The zero-order valence-corrected chi connectivity index (χ0v) is 14.7. The number of halogens is 1. The van der Waals surface area contributed by atoms with Crippen LogP contribution in [0.4, 0.5) is 0 Å². The van der Waals surface area contributed by atoms with E-state index in [4.69, 9.17) is 20.9 Å². The lowest BCUT2D eigenvalue weighted by atomic mass is 10.0. The van der Waals surface area contributed by atoms with Crippen molar-refractivity contribution in [2.75, 3.05) is 5.75 Å². The van der Waals surface area contributed by atoms with Crippen LogP contribution in [0.25, 0.3) is 11.1 Å². The number of aromatic nitrogens is 1. The number of hydrogen-bond donors (Lipinski definition) is 3. The zero-order chi connectivity index (χ0) is 17.4. The van der Waals surface area contributed by atoms with Crippen LogP contribution in [0.2, 0.25) is 5.02 Å². The number of hydrogen-bond acceptors (Lipinski definition) is 7. The van der Waals surface area contributed by atoms with Gasteiger partial charge in [-0.3, -0.25) is 0 Å². The Labute approximate surface area is 148 Å². The van der Waals surface area contributed by atoms with E-state index in [1.165, 1.54) is 11.8 Å². The number of aliphatic hydroxyl groups excluding tert-OH is 3. The van der Waals surface area contributed by atoms with Crippen molar-refractivity contribution < 1.29 is 24.6 Å². The molecule has 1 saturated heterocycles. The van der Waals surface area contributed by atoms with Crippen molar-refractivity contribution in [2.45, 2.75) is 37.6 Å². The van der Waals surface area contributed by atoms with E-state index in [1.54, 1.807) is 12.1 Å². The Morgan fingerprint density at radius 1 is 1.25 bits per heavy atom. The standard InChI is InChI=1S/C16H18ClNO5S/c1-7-13(8(2)23-18-7)9-3-4-10(17)12(5-9)22-16-15(21)14(20)11(19)6-24-16/h3-5,11,14-16,19-21H,6H2,1-2H3/t11-,14+,15-,16-/m1/s1. The number of aryl methyl sites for hydroxylation is 2. The van der Waals surface area contributed by atoms with E-state index in [9.17, 15) is 15.3 Å². The number of rotatable bonds is 3. The lowest BCUT2D eigenvalue weighted by molar-refractivity contribution is -0.0785. The highest BCUT2D eigenvalue weighted by Crippen LogP contribution is 2.37. The van der Waals surface area contributed by atoms with Crippen molar-refractivity contribution in [2.24, 2.45) is 0 Å². The molecule has 2 aromatic rings. The number of ether oxygens (including phenoxy) is 1. The summed E-state index contributed by atoms with van der Waals surface area (Å²) < 4.78 is 11.0. The summed E-state index contributed by atoms with van der Waals surface area (Å²) in [6.45, 7) is 3.67. The third kappa shape index (κ3) is 3.27. The second-order valence-corrected chi connectivity index (χ2v) is 7.25. The molecule has 1 aliphatic heterocycles. The first-order valence-electron chi connectivity index (χ1n) is 7.43. The van der Waals surface area contributed by atoms with Crippen LogP contribution in [0, 0.1) is 13.8 Å². The third-order valence-electron chi connectivity index (χ3n) is 3.95. The lowest BCUT2D eigenvalue weighted by Crippen LogP contribution is -2.50. The summed E-state index contributed by atoms with van der Waals surface area (Å²) in [5.74, 6) is 1.34. The van der Waals surface area contributed by atoms with Crippen molar-refractivity contribution in [3.63, 3.8) is 0 Å². The highest BCUT2D eigenvalue weighted by Gasteiger charge is 2.38. The highest BCUT2D eigenvalue weighted by atomic mass is 35.5. The zero-order valence-electron chi connectivity index (χ0n) is 13.1. The van der Waals surface area contributed by atoms with E-state index in [1.807, 2.05) is 19.9 Å². The average molecular weight is 372 g/mol. The van der Waals surface area contributed by atoms with Crippen LogP contribution in [0.15, 0.2) is 22.7 Å². The van der Waals surface area contributed by atoms with Crippen molar-refractivity contribution in [3.05, 3.63) is 34.7 Å². The molecule has 0 radical (unpaired) electrons. The predicted molar refractivity (Wildman–Crippen MR) is 91.3 cm³/mol. The summed E-state index contributed by atoms with van der Waals surface area (Å²) in [5, 5.41) is 33.8. The summed E-state index contributed by atoms with van der Waals surface area (Å²) in [4.78, 5) is 0. The average Bonchev–Trinajstić information content (AvgIpc) is 2.89. The molecule has 3 N–H and O–H groups in total. The molecule has 0 spiro atoms. The monoisotopic (exact) mass is 371 g/mol. The van der Waals surface area contributed by atoms with Crippen LogP contribution >= 0.6 is 23.4 Å². The molecular weight excluding hydrogens is 354 g/mol. The van der Waals surface area contributed by atoms with Crippen molar-refractivity contribution in [1.29, 1.82) is 0 Å². The Bertz CT molecular complexity index is 718. The first-order valence-corrected chi connectivity index (χ1v) is 8.86. The van der Waals surface area contributed by atoms with Gasteiger partial charge in [-0.25, -0.2) is 0 Å². The van der Waals surface area contributed by atoms with Crippen molar-refractivity contribution in [3.8, 4) is 16.9 Å². The van der Waals surface area contributed by atoms with Crippen LogP contribution in [-0.2, 0) is 0 Å². The summed E-state index contributed by atoms with van der Waals surface area (Å²) in [6.07, 6.45) is -3.44. The van der Waals surface area contributed by atoms with Crippen LogP contribution in [0.3, 0.4) is 0 Å². The van der Waals surface area contributed by atoms with Crippen LogP contribution < -0.4 is 4.74 Å². The van der Waals surface area contributed by atoms with Crippen molar-refractivity contribution in [1.82, 2.24) is 5.16 Å². The first kappa shape index (κ1) is 17.6. The van der Waals surface area contributed by atoms with Crippen LogP contribution in [-0.4, -0.2) is 50.0 Å². The van der Waals surface area contributed by atoms with Gasteiger partial charge in [0.25, 0.3) is 0 Å². The Morgan fingerprint density at radius 3 is 2.67 bits per heavy atom. The second-order valence-electron chi connectivity index (χ2n) is 5.71. The lowest BCUT2D eigenvalue weighted by Gasteiger charge is -2.34. The van der Waals surface area contributed by atoms with Gasteiger partial charge in [-0.15, -0.1) is 11.8 Å². The molecule has 8 heteroatoms. The smallest absolute Gasteiger partial charge is 0.173 e. The maximum atomic E-state index is 10.1. The minimum atomic E-state index is -1.25. The van der Waals surface area contributed by atoms with E-state index in [0.29, 0.717) is 16.5 Å². The molecule has 3 rings (SSSR count). The van der Waals surface area contributed by atoms with Crippen LogP contribution in [0.5, 0.6) is 5.75 Å².